The number of imide groups is 1. The fourth-order valence-corrected chi connectivity index (χ4v) is 2.97. The molecule has 1 saturated heterocycles. The van der Waals surface area contributed by atoms with Gasteiger partial charge in [-0.15, -0.1) is 0 Å². The Balaban J connectivity index is 1.79. The molecule has 0 aliphatic carbocycles. The molecule has 4 amide bonds. The third-order valence-electron chi connectivity index (χ3n) is 4.35. The normalized spacial score (nSPS) is 19.2. The minimum atomic E-state index is -1.80. The van der Waals surface area contributed by atoms with Crippen molar-refractivity contribution in [3.63, 3.8) is 0 Å². The van der Waals surface area contributed by atoms with Crippen LogP contribution in [-0.2, 0) is 15.1 Å². The third kappa shape index (κ3) is 3.51. The van der Waals surface area contributed by atoms with Crippen molar-refractivity contribution in [2.75, 3.05) is 11.9 Å². The number of aryl methyl sites for hydroxylation is 1. The Morgan fingerprint density at radius 3 is 2.63 bits per heavy atom. The molecule has 8 heteroatoms. The number of hydrogen-bond donors (Lipinski definition) is 2. The number of anilines is 1. The maximum absolute atomic E-state index is 14.1. The highest BCUT2D eigenvalue weighted by Crippen LogP contribution is 2.31. The summed E-state index contributed by atoms with van der Waals surface area (Å²) in [5, 5.41) is 4.94. The minimum absolute atomic E-state index is 0.303. The van der Waals surface area contributed by atoms with Crippen LogP contribution in [0.25, 0.3) is 0 Å². The van der Waals surface area contributed by atoms with Crippen molar-refractivity contribution >= 4 is 23.5 Å². The number of urea groups is 1. The molecule has 3 rings (SSSR count). The summed E-state index contributed by atoms with van der Waals surface area (Å²) in [6.07, 6.45) is 0. The van der Waals surface area contributed by atoms with E-state index < -0.39 is 41.6 Å². The smallest absolute Gasteiger partial charge is 0.325 e. The number of benzene rings is 2. The van der Waals surface area contributed by atoms with E-state index in [0.29, 0.717) is 10.6 Å². The van der Waals surface area contributed by atoms with E-state index in [9.17, 15) is 23.2 Å². The molecule has 1 aliphatic heterocycles. The summed E-state index contributed by atoms with van der Waals surface area (Å²) in [4.78, 5) is 37.8. The zero-order valence-corrected chi connectivity index (χ0v) is 14.7. The molecule has 2 N–H and O–H groups in total. The van der Waals surface area contributed by atoms with Crippen LogP contribution in [0.3, 0.4) is 0 Å². The number of hydrogen-bond acceptors (Lipinski definition) is 3. The van der Waals surface area contributed by atoms with Crippen LogP contribution in [0.1, 0.15) is 18.1 Å². The van der Waals surface area contributed by atoms with E-state index in [4.69, 9.17) is 0 Å². The Labute approximate surface area is 154 Å². The van der Waals surface area contributed by atoms with Crippen LogP contribution in [0.2, 0.25) is 0 Å². The van der Waals surface area contributed by atoms with Crippen molar-refractivity contribution in [2.45, 2.75) is 19.4 Å². The van der Waals surface area contributed by atoms with Crippen molar-refractivity contribution in [3.8, 4) is 0 Å². The third-order valence-corrected chi connectivity index (χ3v) is 4.35. The number of nitrogens with one attached hydrogen (secondary N) is 2. The molecule has 1 aliphatic rings. The lowest BCUT2D eigenvalue weighted by Crippen LogP contribution is -2.42. The predicted octanol–water partition coefficient (Wildman–Crippen LogP) is 2.68. The van der Waals surface area contributed by atoms with E-state index in [0.717, 1.165) is 23.8 Å². The Hall–Kier alpha value is -3.29. The molecule has 0 saturated carbocycles. The summed E-state index contributed by atoms with van der Waals surface area (Å²) >= 11 is 0. The van der Waals surface area contributed by atoms with Gasteiger partial charge in [0.1, 0.15) is 23.7 Å². The molecule has 0 unspecified atom stereocenters. The second-order valence-corrected chi connectivity index (χ2v) is 6.49. The molecule has 2 aromatic carbocycles. The molecule has 140 valence electrons. The molecule has 1 fully saturated rings. The summed E-state index contributed by atoms with van der Waals surface area (Å²) in [6.45, 7) is 2.57. The number of carbonyl (C=O) groups is 3. The highest BCUT2D eigenvalue weighted by molar-refractivity contribution is 6.10. The van der Waals surface area contributed by atoms with Crippen LogP contribution in [0, 0.1) is 18.6 Å². The topological polar surface area (TPSA) is 78.5 Å². The molecule has 1 heterocycles. The lowest BCUT2D eigenvalue weighted by molar-refractivity contribution is -0.133. The van der Waals surface area contributed by atoms with Gasteiger partial charge in [0.15, 0.2) is 0 Å². The maximum atomic E-state index is 14.1. The molecule has 0 bridgehead atoms. The van der Waals surface area contributed by atoms with E-state index >= 15 is 0 Å². The van der Waals surface area contributed by atoms with Crippen molar-refractivity contribution in [3.05, 3.63) is 65.2 Å². The Morgan fingerprint density at radius 1 is 1.19 bits per heavy atom. The van der Waals surface area contributed by atoms with Crippen molar-refractivity contribution < 1.29 is 23.2 Å². The van der Waals surface area contributed by atoms with Gasteiger partial charge < -0.3 is 10.6 Å². The minimum Gasteiger partial charge on any atom is -0.325 e. The first-order valence-corrected chi connectivity index (χ1v) is 8.17. The van der Waals surface area contributed by atoms with Gasteiger partial charge >= 0.3 is 6.03 Å². The van der Waals surface area contributed by atoms with Crippen molar-refractivity contribution in [1.82, 2.24) is 10.2 Å². The van der Waals surface area contributed by atoms with Gasteiger partial charge in [-0.2, -0.15) is 0 Å². The first-order valence-electron chi connectivity index (χ1n) is 8.17. The van der Waals surface area contributed by atoms with Crippen LogP contribution in [0.15, 0.2) is 42.5 Å². The number of amides is 4. The van der Waals surface area contributed by atoms with Crippen LogP contribution in [-0.4, -0.2) is 29.3 Å². The second kappa shape index (κ2) is 6.79. The van der Waals surface area contributed by atoms with Crippen molar-refractivity contribution in [2.24, 2.45) is 0 Å². The molecule has 0 spiro atoms. The molecule has 0 aromatic heterocycles. The number of nitrogens with zero attached hydrogens (tertiary/aromatic N) is 1. The summed E-state index contributed by atoms with van der Waals surface area (Å²) in [6, 6.07) is 8.79. The number of rotatable bonds is 4. The largest absolute Gasteiger partial charge is 0.325 e. The fourth-order valence-electron chi connectivity index (χ4n) is 2.97. The fraction of sp³-hybridized carbons (Fsp3) is 0.211. The summed E-state index contributed by atoms with van der Waals surface area (Å²) in [7, 11) is 0. The second-order valence-electron chi connectivity index (χ2n) is 6.49. The van der Waals surface area contributed by atoms with E-state index in [1.165, 1.54) is 6.92 Å². The summed E-state index contributed by atoms with van der Waals surface area (Å²) < 4.78 is 27.6. The average Bonchev–Trinajstić information content (AvgIpc) is 2.81. The first-order chi connectivity index (χ1) is 12.7. The quantitative estimate of drug-likeness (QED) is 0.809. The first kappa shape index (κ1) is 18.5. The van der Waals surface area contributed by atoms with Gasteiger partial charge in [0.25, 0.3) is 5.91 Å². The van der Waals surface area contributed by atoms with Crippen molar-refractivity contribution in [1.29, 1.82) is 0 Å². The Bertz CT molecular complexity index is 948. The van der Waals surface area contributed by atoms with Gasteiger partial charge in [-0.25, -0.2) is 13.6 Å². The summed E-state index contributed by atoms with van der Waals surface area (Å²) in [5.41, 5.74) is -0.655. The van der Waals surface area contributed by atoms with Gasteiger partial charge in [-0.3, -0.25) is 14.5 Å². The van der Waals surface area contributed by atoms with Crippen LogP contribution in [0.5, 0.6) is 0 Å². The van der Waals surface area contributed by atoms with Crippen LogP contribution < -0.4 is 10.6 Å². The number of carbonyl (C=O) groups excluding carboxylic acids is 3. The molecule has 6 nitrogen and oxygen atoms in total. The summed E-state index contributed by atoms with van der Waals surface area (Å²) in [5.74, 6) is -3.01. The zero-order valence-electron chi connectivity index (χ0n) is 14.7. The lowest BCUT2D eigenvalue weighted by Gasteiger charge is -2.22. The van der Waals surface area contributed by atoms with Gasteiger partial charge in [-0.1, -0.05) is 12.1 Å². The van der Waals surface area contributed by atoms with Gasteiger partial charge in [-0.05, 0) is 49.7 Å². The zero-order chi connectivity index (χ0) is 19.8. The van der Waals surface area contributed by atoms with Crippen LogP contribution in [0.4, 0.5) is 19.3 Å². The van der Waals surface area contributed by atoms with Gasteiger partial charge in [0.2, 0.25) is 5.91 Å². The maximum Gasteiger partial charge on any atom is 0.325 e. The molecular formula is C19H17F2N3O3. The molecule has 0 radical (unpaired) electrons. The van der Waals surface area contributed by atoms with E-state index in [2.05, 4.69) is 10.6 Å². The molecule has 27 heavy (non-hydrogen) atoms. The average molecular weight is 373 g/mol. The van der Waals surface area contributed by atoms with Crippen LogP contribution >= 0.6 is 0 Å². The molecule has 2 aromatic rings. The predicted molar refractivity (Wildman–Crippen MR) is 93.8 cm³/mol. The monoisotopic (exact) mass is 373 g/mol. The standard InChI is InChI=1S/C19H17F2N3O3/c1-11-4-3-5-13(8-11)22-16(25)10-24-17(26)19(2,23-18(24)27)14-9-12(20)6-7-15(14)21/h3-9H,10H2,1-2H3,(H,22,25)(H,23,27)/t19-/m0/s1. The Morgan fingerprint density at radius 2 is 1.93 bits per heavy atom. The Kier molecular flexibility index (Phi) is 4.65. The lowest BCUT2D eigenvalue weighted by atomic mass is 9.91. The van der Waals surface area contributed by atoms with E-state index in [1.54, 1.807) is 18.2 Å². The van der Waals surface area contributed by atoms with Gasteiger partial charge in [0.05, 0.1) is 0 Å². The van der Waals surface area contributed by atoms with E-state index in [-0.39, 0.29) is 5.56 Å². The van der Waals surface area contributed by atoms with E-state index in [1.807, 2.05) is 13.0 Å². The molecular weight excluding hydrogens is 356 g/mol. The highest BCUT2D eigenvalue weighted by Gasteiger charge is 2.50. The number of halogens is 2. The molecule has 1 atom stereocenters. The SMILES string of the molecule is Cc1cccc(NC(=O)CN2C(=O)N[C@@](C)(c3cc(F)ccc3F)C2=O)c1. The van der Waals surface area contributed by atoms with Gasteiger partial charge in [0, 0.05) is 11.3 Å². The highest BCUT2D eigenvalue weighted by atomic mass is 19.1.